The van der Waals surface area contributed by atoms with Crippen LogP contribution in [0.5, 0.6) is 0 Å². The number of aromatic nitrogens is 2. The molecule has 1 heterocycles. The first-order valence-electron chi connectivity index (χ1n) is 6.06. The molecule has 0 radical (unpaired) electrons. The van der Waals surface area contributed by atoms with Gasteiger partial charge in [0.1, 0.15) is 10.9 Å². The minimum absolute atomic E-state index is 0.0708. The molecule has 2 unspecified atom stereocenters. The maximum atomic E-state index is 12.0. The van der Waals surface area contributed by atoms with E-state index in [2.05, 4.69) is 9.82 Å². The molecule has 0 bridgehead atoms. The van der Waals surface area contributed by atoms with Crippen LogP contribution in [0.4, 0.5) is 0 Å². The van der Waals surface area contributed by atoms with Gasteiger partial charge < -0.3 is 10.0 Å². The Balaban J connectivity index is 2.83. The molecule has 9 nitrogen and oxygen atoms in total. The molecule has 0 aromatic carbocycles. The Bertz CT molecular complexity index is 639. The van der Waals surface area contributed by atoms with Gasteiger partial charge in [0.05, 0.1) is 12.2 Å². The standard InChI is InChI=1S/C11H18N4O5S/c1-7(10(16)15(4)8(2)11(17)18)13-21(19,20)9-5-12-14(3)6-9/h5-8,13H,1-4H3,(H,17,18). The molecule has 10 heteroatoms. The lowest BCUT2D eigenvalue weighted by molar-refractivity contribution is -0.148. The first-order valence-corrected chi connectivity index (χ1v) is 7.55. The van der Waals surface area contributed by atoms with Crippen LogP contribution in [-0.2, 0) is 26.7 Å². The molecule has 2 N–H and O–H groups in total. The lowest BCUT2D eigenvalue weighted by atomic mass is 10.2. The summed E-state index contributed by atoms with van der Waals surface area (Å²) in [7, 11) is -1.02. The van der Waals surface area contributed by atoms with E-state index in [4.69, 9.17) is 5.11 Å². The molecule has 0 saturated carbocycles. The van der Waals surface area contributed by atoms with E-state index in [9.17, 15) is 18.0 Å². The van der Waals surface area contributed by atoms with E-state index in [1.54, 1.807) is 7.05 Å². The van der Waals surface area contributed by atoms with Crippen molar-refractivity contribution >= 4 is 21.9 Å². The summed E-state index contributed by atoms with van der Waals surface area (Å²) in [5.74, 6) is -1.81. The van der Waals surface area contributed by atoms with Gasteiger partial charge in [0.2, 0.25) is 15.9 Å². The SMILES string of the molecule is CC(NS(=O)(=O)c1cnn(C)c1)C(=O)N(C)C(C)C(=O)O. The number of hydrogen-bond acceptors (Lipinski definition) is 5. The average Bonchev–Trinajstić information content (AvgIpc) is 2.82. The molecule has 1 rings (SSSR count). The molecule has 0 aliphatic heterocycles. The highest BCUT2D eigenvalue weighted by Crippen LogP contribution is 2.08. The van der Waals surface area contributed by atoms with Gasteiger partial charge in [0, 0.05) is 20.3 Å². The molecular formula is C11H18N4O5S. The molecule has 0 aliphatic carbocycles. The number of carbonyl (C=O) groups excluding carboxylic acids is 1. The zero-order valence-electron chi connectivity index (χ0n) is 12.1. The van der Waals surface area contributed by atoms with Crippen molar-refractivity contribution in [1.82, 2.24) is 19.4 Å². The van der Waals surface area contributed by atoms with Crippen molar-refractivity contribution in [3.05, 3.63) is 12.4 Å². The summed E-state index contributed by atoms with van der Waals surface area (Å²) in [6.07, 6.45) is 2.45. The molecule has 0 aliphatic rings. The molecule has 0 spiro atoms. The van der Waals surface area contributed by atoms with Crippen LogP contribution in [0, 0.1) is 0 Å². The van der Waals surface area contributed by atoms with E-state index < -0.39 is 34.0 Å². The summed E-state index contributed by atoms with van der Waals surface area (Å²) in [6.45, 7) is 2.68. The Morgan fingerprint density at radius 3 is 2.43 bits per heavy atom. The molecule has 1 amide bonds. The zero-order chi connectivity index (χ0) is 16.4. The van der Waals surface area contributed by atoms with E-state index >= 15 is 0 Å². The van der Waals surface area contributed by atoms with Crippen molar-refractivity contribution in [3.8, 4) is 0 Å². The van der Waals surface area contributed by atoms with Crippen LogP contribution in [0.25, 0.3) is 0 Å². The zero-order valence-corrected chi connectivity index (χ0v) is 13.0. The van der Waals surface area contributed by atoms with Crippen LogP contribution < -0.4 is 4.72 Å². The second-order valence-corrected chi connectivity index (χ2v) is 6.37. The molecule has 0 saturated heterocycles. The Labute approximate surface area is 122 Å². The van der Waals surface area contributed by atoms with E-state index in [0.29, 0.717) is 0 Å². The summed E-state index contributed by atoms with van der Waals surface area (Å²) >= 11 is 0. The maximum Gasteiger partial charge on any atom is 0.326 e. The first-order chi connectivity index (χ1) is 9.56. The quantitative estimate of drug-likeness (QED) is 0.695. The number of sulfonamides is 1. The number of hydrogen-bond donors (Lipinski definition) is 2. The molecule has 0 fully saturated rings. The largest absolute Gasteiger partial charge is 0.480 e. The number of carboxylic acids is 1. The van der Waals surface area contributed by atoms with Crippen LogP contribution in [0.1, 0.15) is 13.8 Å². The van der Waals surface area contributed by atoms with E-state index in [1.165, 1.54) is 31.8 Å². The number of nitrogens with zero attached hydrogens (tertiary/aromatic N) is 3. The van der Waals surface area contributed by atoms with Gasteiger partial charge in [-0.15, -0.1) is 0 Å². The molecule has 1 aromatic heterocycles. The number of carbonyl (C=O) groups is 2. The van der Waals surface area contributed by atoms with Gasteiger partial charge in [-0.3, -0.25) is 9.48 Å². The number of carboxylic acid groups (broad SMARTS) is 1. The van der Waals surface area contributed by atoms with Gasteiger partial charge in [-0.05, 0) is 13.8 Å². The second kappa shape index (κ2) is 6.22. The average molecular weight is 318 g/mol. The molecule has 1 aromatic rings. The lowest BCUT2D eigenvalue weighted by Gasteiger charge is -2.25. The maximum absolute atomic E-state index is 12.0. The van der Waals surface area contributed by atoms with E-state index in [1.807, 2.05) is 0 Å². The summed E-state index contributed by atoms with van der Waals surface area (Å²) in [5, 5.41) is 12.6. The number of aliphatic carboxylic acids is 1. The van der Waals surface area contributed by atoms with Crippen LogP contribution in [0.3, 0.4) is 0 Å². The fourth-order valence-corrected chi connectivity index (χ4v) is 2.73. The van der Waals surface area contributed by atoms with Gasteiger partial charge in [-0.2, -0.15) is 9.82 Å². The van der Waals surface area contributed by atoms with Crippen molar-refractivity contribution in [2.24, 2.45) is 7.05 Å². The summed E-state index contributed by atoms with van der Waals surface area (Å²) < 4.78 is 27.6. The summed E-state index contributed by atoms with van der Waals surface area (Å²) in [4.78, 5) is 23.8. The van der Waals surface area contributed by atoms with Crippen molar-refractivity contribution < 1.29 is 23.1 Å². The first kappa shape index (κ1) is 17.1. The molecular weight excluding hydrogens is 300 g/mol. The second-order valence-electron chi connectivity index (χ2n) is 4.66. The third-order valence-corrected chi connectivity index (χ3v) is 4.48. The third-order valence-electron chi connectivity index (χ3n) is 2.98. The molecule has 118 valence electrons. The van der Waals surface area contributed by atoms with Crippen LogP contribution in [-0.4, -0.2) is 59.2 Å². The van der Waals surface area contributed by atoms with Crippen LogP contribution in [0.15, 0.2) is 17.3 Å². The Kier molecular flexibility index (Phi) is 5.07. The number of amides is 1. The fourth-order valence-electron chi connectivity index (χ4n) is 1.55. The van der Waals surface area contributed by atoms with Crippen molar-refractivity contribution in [1.29, 1.82) is 0 Å². The van der Waals surface area contributed by atoms with Crippen LogP contribution >= 0.6 is 0 Å². The minimum atomic E-state index is -3.89. The lowest BCUT2D eigenvalue weighted by Crippen LogP contribution is -2.50. The number of rotatable bonds is 6. The van der Waals surface area contributed by atoms with E-state index in [-0.39, 0.29) is 4.90 Å². The summed E-state index contributed by atoms with van der Waals surface area (Å²) in [5.41, 5.74) is 0. The Hall–Kier alpha value is -1.94. The normalized spacial score (nSPS) is 14.5. The number of likely N-dealkylation sites (N-methyl/N-ethyl adjacent to an activating group) is 1. The minimum Gasteiger partial charge on any atom is -0.480 e. The summed E-state index contributed by atoms with van der Waals surface area (Å²) in [6, 6.07) is -2.15. The smallest absolute Gasteiger partial charge is 0.326 e. The van der Waals surface area contributed by atoms with Crippen molar-refractivity contribution in [2.75, 3.05) is 7.05 Å². The van der Waals surface area contributed by atoms with Crippen LogP contribution in [0.2, 0.25) is 0 Å². The predicted octanol–water partition coefficient (Wildman–Crippen LogP) is -0.982. The molecule has 2 atom stereocenters. The Morgan fingerprint density at radius 2 is 2.00 bits per heavy atom. The highest BCUT2D eigenvalue weighted by molar-refractivity contribution is 7.89. The van der Waals surface area contributed by atoms with Gasteiger partial charge in [0.15, 0.2) is 0 Å². The Morgan fingerprint density at radius 1 is 1.43 bits per heavy atom. The van der Waals surface area contributed by atoms with Crippen molar-refractivity contribution in [2.45, 2.75) is 30.8 Å². The van der Waals surface area contributed by atoms with Gasteiger partial charge >= 0.3 is 5.97 Å². The van der Waals surface area contributed by atoms with Gasteiger partial charge in [-0.25, -0.2) is 13.2 Å². The van der Waals surface area contributed by atoms with Crippen molar-refractivity contribution in [3.63, 3.8) is 0 Å². The highest BCUT2D eigenvalue weighted by Gasteiger charge is 2.29. The highest BCUT2D eigenvalue weighted by atomic mass is 32.2. The topological polar surface area (TPSA) is 122 Å². The number of aryl methyl sites for hydroxylation is 1. The molecule has 21 heavy (non-hydrogen) atoms. The fraction of sp³-hybridized carbons (Fsp3) is 0.545. The third kappa shape index (κ3) is 4.02. The number of nitrogens with one attached hydrogen (secondary N) is 1. The van der Waals surface area contributed by atoms with Gasteiger partial charge in [-0.1, -0.05) is 0 Å². The van der Waals surface area contributed by atoms with E-state index in [0.717, 1.165) is 11.1 Å². The monoisotopic (exact) mass is 318 g/mol. The van der Waals surface area contributed by atoms with Gasteiger partial charge in [0.25, 0.3) is 0 Å². The predicted molar refractivity (Wildman–Crippen MR) is 72.9 cm³/mol.